The molecule has 98 valence electrons. The standard InChI is InChI=1S/C14H17BrOS2/c1-2-13-14(18-7-6-17-13)12(16)9-10-4-3-5-11(15)8-10/h3-5,8,13-14H,2,6-7,9H2,1H3. The summed E-state index contributed by atoms with van der Waals surface area (Å²) in [6.45, 7) is 2.18. The molecule has 0 spiro atoms. The molecule has 0 saturated carbocycles. The van der Waals surface area contributed by atoms with Crippen molar-refractivity contribution >= 4 is 45.2 Å². The van der Waals surface area contributed by atoms with E-state index in [4.69, 9.17) is 0 Å². The molecule has 2 unspecified atom stereocenters. The summed E-state index contributed by atoms with van der Waals surface area (Å²) >= 11 is 7.26. The number of carbonyl (C=O) groups excluding carboxylic acids is 1. The summed E-state index contributed by atoms with van der Waals surface area (Å²) in [6.07, 6.45) is 1.65. The van der Waals surface area contributed by atoms with Crippen LogP contribution >= 0.6 is 39.5 Å². The van der Waals surface area contributed by atoms with Crippen LogP contribution in [-0.4, -0.2) is 27.8 Å². The van der Waals surface area contributed by atoms with E-state index in [9.17, 15) is 4.79 Å². The van der Waals surface area contributed by atoms with Crippen LogP contribution < -0.4 is 0 Å². The maximum atomic E-state index is 12.4. The van der Waals surface area contributed by atoms with Crippen molar-refractivity contribution in [3.63, 3.8) is 0 Å². The number of rotatable bonds is 4. The molecule has 1 aromatic carbocycles. The van der Waals surface area contributed by atoms with Crippen LogP contribution in [0.25, 0.3) is 0 Å². The molecular formula is C14H17BrOS2. The van der Waals surface area contributed by atoms with Gasteiger partial charge in [-0.25, -0.2) is 0 Å². The second kappa shape index (κ2) is 7.01. The van der Waals surface area contributed by atoms with Gasteiger partial charge < -0.3 is 0 Å². The predicted molar refractivity (Wildman–Crippen MR) is 85.6 cm³/mol. The molecule has 4 heteroatoms. The lowest BCUT2D eigenvalue weighted by Gasteiger charge is -2.28. The van der Waals surface area contributed by atoms with Crippen LogP contribution in [0.15, 0.2) is 28.7 Å². The zero-order valence-electron chi connectivity index (χ0n) is 10.4. The highest BCUT2D eigenvalue weighted by atomic mass is 79.9. The largest absolute Gasteiger partial charge is 0.298 e. The number of halogens is 1. The molecule has 1 saturated heterocycles. The number of hydrogen-bond acceptors (Lipinski definition) is 3. The van der Waals surface area contributed by atoms with Gasteiger partial charge in [0, 0.05) is 27.6 Å². The Kier molecular flexibility index (Phi) is 5.64. The monoisotopic (exact) mass is 344 g/mol. The van der Waals surface area contributed by atoms with Gasteiger partial charge >= 0.3 is 0 Å². The van der Waals surface area contributed by atoms with Crippen LogP contribution in [-0.2, 0) is 11.2 Å². The van der Waals surface area contributed by atoms with Crippen LogP contribution in [0.2, 0.25) is 0 Å². The first-order chi connectivity index (χ1) is 8.70. The summed E-state index contributed by atoms with van der Waals surface area (Å²) in [5.41, 5.74) is 1.11. The first-order valence-corrected chi connectivity index (χ1v) is 9.10. The lowest BCUT2D eigenvalue weighted by molar-refractivity contribution is -0.117. The zero-order chi connectivity index (χ0) is 13.0. The minimum Gasteiger partial charge on any atom is -0.298 e. The summed E-state index contributed by atoms with van der Waals surface area (Å²) in [7, 11) is 0. The molecular weight excluding hydrogens is 328 g/mol. The number of ketones is 1. The lowest BCUT2D eigenvalue weighted by atomic mass is 10.0. The number of hydrogen-bond donors (Lipinski definition) is 0. The van der Waals surface area contributed by atoms with Crippen molar-refractivity contribution in [2.24, 2.45) is 0 Å². The summed E-state index contributed by atoms with van der Waals surface area (Å²) in [4.78, 5) is 12.4. The van der Waals surface area contributed by atoms with Gasteiger partial charge in [0.2, 0.25) is 0 Å². The average molecular weight is 345 g/mol. The molecule has 0 aromatic heterocycles. The number of carbonyl (C=O) groups is 1. The van der Waals surface area contributed by atoms with E-state index in [2.05, 4.69) is 22.9 Å². The molecule has 2 rings (SSSR count). The Labute approximate surface area is 126 Å². The Balaban J connectivity index is 2.02. The summed E-state index contributed by atoms with van der Waals surface area (Å²) in [6, 6.07) is 8.06. The van der Waals surface area contributed by atoms with Crippen molar-refractivity contribution in [3.05, 3.63) is 34.3 Å². The minimum absolute atomic E-state index is 0.188. The predicted octanol–water partition coefficient (Wildman–Crippen LogP) is 4.19. The molecule has 0 bridgehead atoms. The van der Waals surface area contributed by atoms with Crippen LogP contribution in [0.3, 0.4) is 0 Å². The van der Waals surface area contributed by atoms with Crippen LogP contribution in [0.4, 0.5) is 0 Å². The summed E-state index contributed by atoms with van der Waals surface area (Å²) in [5, 5.41) is 0.691. The number of Topliss-reactive ketones (excluding diaryl/α,β-unsaturated/α-hetero) is 1. The molecule has 1 aliphatic heterocycles. The van der Waals surface area contributed by atoms with Gasteiger partial charge in [0.25, 0.3) is 0 Å². The molecule has 1 aromatic rings. The maximum absolute atomic E-state index is 12.4. The third kappa shape index (κ3) is 3.78. The molecule has 0 N–H and O–H groups in total. The SMILES string of the molecule is CCC1SCCSC1C(=O)Cc1cccc(Br)c1. The van der Waals surface area contributed by atoms with Crippen LogP contribution in [0.5, 0.6) is 0 Å². The van der Waals surface area contributed by atoms with Crippen molar-refractivity contribution in [2.75, 3.05) is 11.5 Å². The number of benzene rings is 1. The van der Waals surface area contributed by atoms with Gasteiger partial charge in [-0.1, -0.05) is 35.0 Å². The normalized spacial score (nSPS) is 23.9. The van der Waals surface area contributed by atoms with E-state index in [1.807, 2.05) is 47.8 Å². The molecule has 1 aliphatic rings. The van der Waals surface area contributed by atoms with Gasteiger partial charge in [-0.2, -0.15) is 11.8 Å². The Morgan fingerprint density at radius 2 is 2.17 bits per heavy atom. The van der Waals surface area contributed by atoms with E-state index in [0.29, 0.717) is 17.5 Å². The average Bonchev–Trinajstić information content (AvgIpc) is 2.38. The quantitative estimate of drug-likeness (QED) is 0.815. The molecule has 0 amide bonds. The molecule has 2 atom stereocenters. The summed E-state index contributed by atoms with van der Waals surface area (Å²) in [5.74, 6) is 2.68. The highest BCUT2D eigenvalue weighted by Crippen LogP contribution is 2.34. The van der Waals surface area contributed by atoms with Gasteiger partial charge in [-0.05, 0) is 24.1 Å². The third-order valence-electron chi connectivity index (χ3n) is 3.04. The minimum atomic E-state index is 0.188. The van der Waals surface area contributed by atoms with Crippen molar-refractivity contribution in [3.8, 4) is 0 Å². The lowest BCUT2D eigenvalue weighted by Crippen LogP contribution is -2.33. The van der Waals surface area contributed by atoms with Gasteiger partial charge in [-0.3, -0.25) is 4.79 Å². The van der Waals surface area contributed by atoms with Gasteiger partial charge in [0.05, 0.1) is 5.25 Å². The van der Waals surface area contributed by atoms with E-state index >= 15 is 0 Å². The van der Waals surface area contributed by atoms with Crippen molar-refractivity contribution in [1.29, 1.82) is 0 Å². The van der Waals surface area contributed by atoms with Gasteiger partial charge in [0.1, 0.15) is 0 Å². The highest BCUT2D eigenvalue weighted by Gasteiger charge is 2.30. The van der Waals surface area contributed by atoms with Crippen LogP contribution in [0, 0.1) is 0 Å². The molecule has 1 fully saturated rings. The van der Waals surface area contributed by atoms with Crippen molar-refractivity contribution < 1.29 is 4.79 Å². The molecule has 1 heterocycles. The van der Waals surface area contributed by atoms with Crippen LogP contribution in [0.1, 0.15) is 18.9 Å². The third-order valence-corrected chi connectivity index (χ3v) is 6.83. The molecule has 1 nitrogen and oxygen atoms in total. The maximum Gasteiger partial charge on any atom is 0.151 e. The Morgan fingerprint density at radius 3 is 2.89 bits per heavy atom. The molecule has 18 heavy (non-hydrogen) atoms. The van der Waals surface area contributed by atoms with Gasteiger partial charge in [-0.15, -0.1) is 11.8 Å². The Morgan fingerprint density at radius 1 is 1.39 bits per heavy atom. The van der Waals surface area contributed by atoms with Crippen molar-refractivity contribution in [1.82, 2.24) is 0 Å². The second-order valence-electron chi connectivity index (χ2n) is 4.38. The summed E-state index contributed by atoms with van der Waals surface area (Å²) < 4.78 is 1.05. The number of thioether (sulfide) groups is 2. The smallest absolute Gasteiger partial charge is 0.151 e. The van der Waals surface area contributed by atoms with Gasteiger partial charge in [0.15, 0.2) is 5.78 Å². The van der Waals surface area contributed by atoms with E-state index in [1.165, 1.54) is 5.75 Å². The highest BCUT2D eigenvalue weighted by molar-refractivity contribution is 9.10. The van der Waals surface area contributed by atoms with E-state index in [0.717, 1.165) is 22.2 Å². The second-order valence-corrected chi connectivity index (χ2v) is 7.89. The first-order valence-electron chi connectivity index (χ1n) is 6.21. The fourth-order valence-electron chi connectivity index (χ4n) is 2.15. The molecule has 0 aliphatic carbocycles. The fraction of sp³-hybridized carbons (Fsp3) is 0.500. The first kappa shape index (κ1) is 14.5. The van der Waals surface area contributed by atoms with E-state index < -0.39 is 0 Å². The Hall–Kier alpha value is 0.0700. The topological polar surface area (TPSA) is 17.1 Å². The van der Waals surface area contributed by atoms with E-state index in [1.54, 1.807) is 0 Å². The zero-order valence-corrected chi connectivity index (χ0v) is 13.6. The fourth-order valence-corrected chi connectivity index (χ4v) is 5.63. The van der Waals surface area contributed by atoms with E-state index in [-0.39, 0.29) is 5.25 Å². The van der Waals surface area contributed by atoms with Crippen molar-refractivity contribution in [2.45, 2.75) is 30.3 Å². The molecule has 0 radical (unpaired) electrons. The Bertz CT molecular complexity index is 422.